The van der Waals surface area contributed by atoms with Gasteiger partial charge in [0.2, 0.25) is 0 Å². The van der Waals surface area contributed by atoms with E-state index in [1.54, 1.807) is 30.3 Å². The highest BCUT2D eigenvalue weighted by Gasteiger charge is 2.15. The lowest BCUT2D eigenvalue weighted by Gasteiger charge is -2.19. The highest BCUT2D eigenvalue weighted by atomic mass is 16.4. The molecule has 6 heteroatoms. The van der Waals surface area contributed by atoms with Gasteiger partial charge >= 0.3 is 0 Å². The number of carbonyl (C=O) groups excluding carboxylic acids is 2. The average molecular weight is 258 g/mol. The van der Waals surface area contributed by atoms with Crippen LogP contribution < -0.4 is 10.4 Å². The number of imidazole rings is 1. The number of nitrogens with zero attached hydrogens (tertiary/aromatic N) is 1. The van der Waals surface area contributed by atoms with Crippen molar-refractivity contribution in [1.82, 2.24) is 15.3 Å². The van der Waals surface area contributed by atoms with E-state index in [0.29, 0.717) is 11.3 Å². The van der Waals surface area contributed by atoms with Crippen molar-refractivity contribution in [3.05, 3.63) is 54.1 Å². The van der Waals surface area contributed by atoms with Gasteiger partial charge in [-0.05, 0) is 12.1 Å². The predicted octanol–water partition coefficient (Wildman–Crippen LogP) is -0.499. The van der Waals surface area contributed by atoms with Crippen LogP contribution in [0.15, 0.2) is 42.9 Å². The summed E-state index contributed by atoms with van der Waals surface area (Å²) in [6.07, 6.45) is 3.05. The van der Waals surface area contributed by atoms with Gasteiger partial charge in [0.1, 0.15) is 0 Å². The highest BCUT2D eigenvalue weighted by Crippen LogP contribution is 2.02. The van der Waals surface area contributed by atoms with E-state index >= 15 is 0 Å². The van der Waals surface area contributed by atoms with Crippen LogP contribution in [-0.2, 0) is 11.2 Å². The van der Waals surface area contributed by atoms with Crippen LogP contribution in [0, 0.1) is 0 Å². The minimum Gasteiger partial charge on any atom is -0.548 e. The number of hydrogen-bond donors (Lipinski definition) is 2. The first kappa shape index (κ1) is 12.8. The first-order valence-electron chi connectivity index (χ1n) is 5.71. The third-order valence-corrected chi connectivity index (χ3v) is 2.60. The molecular formula is C13H12N3O3-. The van der Waals surface area contributed by atoms with Gasteiger partial charge in [-0.2, -0.15) is 0 Å². The number of rotatable bonds is 5. The number of H-pyrrole nitrogens is 1. The Morgan fingerprint density at radius 3 is 2.63 bits per heavy atom. The molecule has 1 amide bonds. The minimum absolute atomic E-state index is 0.0981. The lowest BCUT2D eigenvalue weighted by Crippen LogP contribution is -2.49. The second-order valence-electron chi connectivity index (χ2n) is 3.99. The zero-order valence-electron chi connectivity index (χ0n) is 10.00. The molecule has 98 valence electrons. The molecule has 0 aliphatic heterocycles. The second-order valence-corrected chi connectivity index (χ2v) is 3.99. The van der Waals surface area contributed by atoms with Crippen molar-refractivity contribution >= 4 is 11.9 Å². The number of aliphatic carboxylic acids is 1. The highest BCUT2D eigenvalue weighted by molar-refractivity contribution is 5.96. The van der Waals surface area contributed by atoms with Crippen LogP contribution in [0.3, 0.4) is 0 Å². The molecule has 1 aromatic heterocycles. The van der Waals surface area contributed by atoms with Gasteiger partial charge in [0.05, 0.1) is 18.3 Å². The summed E-state index contributed by atoms with van der Waals surface area (Å²) in [5, 5.41) is 13.5. The molecule has 0 spiro atoms. The Morgan fingerprint density at radius 2 is 2.05 bits per heavy atom. The Bertz CT molecular complexity index is 552. The Kier molecular flexibility index (Phi) is 3.92. The molecule has 0 bridgehead atoms. The summed E-state index contributed by atoms with van der Waals surface area (Å²) in [5.41, 5.74) is 1.01. The third kappa shape index (κ3) is 3.41. The van der Waals surface area contributed by atoms with Gasteiger partial charge in [0, 0.05) is 23.9 Å². The number of benzene rings is 1. The van der Waals surface area contributed by atoms with Gasteiger partial charge in [-0.1, -0.05) is 18.2 Å². The smallest absolute Gasteiger partial charge is 0.251 e. The molecule has 19 heavy (non-hydrogen) atoms. The van der Waals surface area contributed by atoms with Crippen molar-refractivity contribution in [2.24, 2.45) is 0 Å². The first-order chi connectivity index (χ1) is 9.16. The van der Waals surface area contributed by atoms with Gasteiger partial charge < -0.3 is 20.2 Å². The van der Waals surface area contributed by atoms with Gasteiger partial charge in [0.15, 0.2) is 0 Å². The van der Waals surface area contributed by atoms with E-state index in [-0.39, 0.29) is 6.42 Å². The molecular weight excluding hydrogens is 246 g/mol. The van der Waals surface area contributed by atoms with Gasteiger partial charge in [-0.25, -0.2) is 4.98 Å². The Labute approximate surface area is 109 Å². The van der Waals surface area contributed by atoms with E-state index in [2.05, 4.69) is 15.3 Å². The molecule has 0 aliphatic carbocycles. The second kappa shape index (κ2) is 5.81. The summed E-state index contributed by atoms with van der Waals surface area (Å²) >= 11 is 0. The lowest BCUT2D eigenvalue weighted by molar-refractivity contribution is -0.308. The van der Waals surface area contributed by atoms with Crippen LogP contribution in [0.5, 0.6) is 0 Å². The maximum Gasteiger partial charge on any atom is 0.251 e. The summed E-state index contributed by atoms with van der Waals surface area (Å²) in [6.45, 7) is 0. The van der Waals surface area contributed by atoms with Gasteiger partial charge in [-0.15, -0.1) is 0 Å². The molecule has 0 radical (unpaired) electrons. The SMILES string of the molecule is O=C(N[C@H](Cc1cnc[nH]1)C(=O)[O-])c1ccccc1. The van der Waals surface area contributed by atoms with Gasteiger partial charge in [0.25, 0.3) is 5.91 Å². The van der Waals surface area contributed by atoms with Crippen molar-refractivity contribution in [3.63, 3.8) is 0 Å². The first-order valence-corrected chi connectivity index (χ1v) is 5.71. The molecule has 0 aliphatic rings. The number of aromatic nitrogens is 2. The van der Waals surface area contributed by atoms with Gasteiger partial charge in [-0.3, -0.25) is 4.79 Å². The fourth-order valence-corrected chi connectivity index (χ4v) is 1.64. The van der Waals surface area contributed by atoms with Crippen LogP contribution in [-0.4, -0.2) is 27.9 Å². The molecule has 6 nitrogen and oxygen atoms in total. The normalized spacial score (nSPS) is 11.8. The molecule has 2 N–H and O–H groups in total. The van der Waals surface area contributed by atoms with Crippen molar-refractivity contribution in [2.75, 3.05) is 0 Å². The standard InChI is InChI=1S/C13H13N3O3/c17-12(9-4-2-1-3-5-9)16-11(13(18)19)6-10-7-14-8-15-10/h1-5,7-8,11H,6H2,(H,14,15)(H,16,17)(H,18,19)/p-1/t11-/m1/s1. The average Bonchev–Trinajstić information content (AvgIpc) is 2.91. The number of nitrogens with one attached hydrogen (secondary N) is 2. The lowest BCUT2D eigenvalue weighted by atomic mass is 10.1. The predicted molar refractivity (Wildman–Crippen MR) is 65.0 cm³/mol. The van der Waals surface area contributed by atoms with Crippen LogP contribution in [0.4, 0.5) is 0 Å². The molecule has 2 rings (SSSR count). The van der Waals surface area contributed by atoms with E-state index in [1.807, 2.05) is 0 Å². The number of hydrogen-bond acceptors (Lipinski definition) is 4. The van der Waals surface area contributed by atoms with Crippen molar-refractivity contribution in [2.45, 2.75) is 12.5 Å². The topological polar surface area (TPSA) is 97.9 Å². The molecule has 0 saturated heterocycles. The quantitative estimate of drug-likeness (QED) is 0.755. The largest absolute Gasteiger partial charge is 0.548 e. The number of carboxylic acids is 1. The van der Waals surface area contributed by atoms with Crippen LogP contribution in [0.1, 0.15) is 16.1 Å². The van der Waals surface area contributed by atoms with E-state index < -0.39 is 17.9 Å². The monoisotopic (exact) mass is 258 g/mol. The van der Waals surface area contributed by atoms with Crippen molar-refractivity contribution in [1.29, 1.82) is 0 Å². The summed E-state index contributed by atoms with van der Waals surface area (Å²) in [5.74, 6) is -1.78. The number of carbonyl (C=O) groups is 2. The summed E-state index contributed by atoms with van der Waals surface area (Å²) in [6, 6.07) is 7.30. The fourth-order valence-electron chi connectivity index (χ4n) is 1.64. The summed E-state index contributed by atoms with van der Waals surface area (Å²) in [4.78, 5) is 29.5. The van der Waals surface area contributed by atoms with Crippen LogP contribution in [0.25, 0.3) is 0 Å². The molecule has 2 aromatic rings. The number of aromatic amines is 1. The molecule has 0 fully saturated rings. The molecule has 1 atom stereocenters. The summed E-state index contributed by atoms with van der Waals surface area (Å²) < 4.78 is 0. The molecule has 1 aromatic carbocycles. The maximum absolute atomic E-state index is 11.9. The number of amides is 1. The van der Waals surface area contributed by atoms with E-state index in [1.165, 1.54) is 12.5 Å². The Hall–Kier alpha value is -2.63. The fraction of sp³-hybridized carbons (Fsp3) is 0.154. The Morgan fingerprint density at radius 1 is 1.32 bits per heavy atom. The minimum atomic E-state index is -1.33. The molecule has 0 unspecified atom stereocenters. The third-order valence-electron chi connectivity index (χ3n) is 2.60. The summed E-state index contributed by atoms with van der Waals surface area (Å²) in [7, 11) is 0. The van der Waals surface area contributed by atoms with E-state index in [9.17, 15) is 14.7 Å². The van der Waals surface area contributed by atoms with E-state index in [0.717, 1.165) is 0 Å². The Balaban J connectivity index is 2.05. The maximum atomic E-state index is 11.9. The zero-order chi connectivity index (χ0) is 13.7. The molecule has 0 saturated carbocycles. The molecule has 1 heterocycles. The van der Waals surface area contributed by atoms with Crippen molar-refractivity contribution < 1.29 is 14.7 Å². The number of carboxylic acid groups (broad SMARTS) is 1. The van der Waals surface area contributed by atoms with Crippen LogP contribution in [0.2, 0.25) is 0 Å². The van der Waals surface area contributed by atoms with Crippen molar-refractivity contribution in [3.8, 4) is 0 Å². The van der Waals surface area contributed by atoms with Crippen LogP contribution >= 0.6 is 0 Å². The van der Waals surface area contributed by atoms with E-state index in [4.69, 9.17) is 0 Å². The zero-order valence-corrected chi connectivity index (χ0v) is 10.00.